The van der Waals surface area contributed by atoms with E-state index >= 15 is 0 Å². The SMILES string of the molecule is C[Si](C)(C)C(=O)C1CC2C=CC1C2. The Balaban J connectivity index is 2.12. The molecule has 0 spiro atoms. The molecule has 1 fully saturated rings. The molecule has 0 aliphatic heterocycles. The normalized spacial score (nSPS) is 37.0. The Kier molecular flexibility index (Phi) is 1.99. The number of allylic oxidation sites excluding steroid dienone is 2. The monoisotopic (exact) mass is 194 g/mol. The number of hydrogen-bond acceptors (Lipinski definition) is 1. The summed E-state index contributed by atoms with van der Waals surface area (Å²) in [5.74, 6) is 1.72. The fourth-order valence-electron chi connectivity index (χ4n) is 2.64. The summed E-state index contributed by atoms with van der Waals surface area (Å²) in [5.41, 5.74) is 0. The smallest absolute Gasteiger partial charge is 0.124 e. The minimum atomic E-state index is -1.54. The predicted molar refractivity (Wildman–Crippen MR) is 57.2 cm³/mol. The molecule has 3 atom stereocenters. The van der Waals surface area contributed by atoms with Gasteiger partial charge >= 0.3 is 0 Å². The third kappa shape index (κ3) is 1.52. The van der Waals surface area contributed by atoms with Gasteiger partial charge in [-0.2, -0.15) is 0 Å². The number of carbonyl (C=O) groups excluding carboxylic acids is 1. The zero-order valence-electron chi connectivity index (χ0n) is 8.71. The first-order valence-electron chi connectivity index (χ1n) is 5.21. The Morgan fingerprint density at radius 3 is 2.31 bits per heavy atom. The largest absolute Gasteiger partial charge is 0.305 e. The molecule has 2 aliphatic rings. The lowest BCUT2D eigenvalue weighted by Gasteiger charge is -2.24. The van der Waals surface area contributed by atoms with Crippen LogP contribution in [0.25, 0.3) is 0 Å². The number of fused-ring (bicyclic) bond motifs is 2. The summed E-state index contributed by atoms with van der Waals surface area (Å²) in [7, 11) is -1.54. The highest BCUT2D eigenvalue weighted by atomic mass is 28.3. The minimum absolute atomic E-state index is 0.390. The Labute approximate surface area is 81.2 Å². The molecule has 72 valence electrons. The van der Waals surface area contributed by atoms with Gasteiger partial charge in [-0.05, 0) is 24.7 Å². The summed E-state index contributed by atoms with van der Waals surface area (Å²) in [6.07, 6.45) is 6.97. The van der Waals surface area contributed by atoms with Gasteiger partial charge in [0.1, 0.15) is 13.5 Å². The molecular formula is C11H18OSi. The van der Waals surface area contributed by atoms with Gasteiger partial charge in [-0.15, -0.1) is 0 Å². The first-order chi connectivity index (χ1) is 5.98. The van der Waals surface area contributed by atoms with Crippen LogP contribution in [-0.4, -0.2) is 13.5 Å². The standard InChI is InChI=1S/C11H18OSi/c1-13(2,3)11(12)10-7-8-4-5-9(10)6-8/h4-5,8-10H,6-7H2,1-3H3. The summed E-state index contributed by atoms with van der Waals surface area (Å²) >= 11 is 0. The Morgan fingerprint density at radius 2 is 1.92 bits per heavy atom. The highest BCUT2D eigenvalue weighted by molar-refractivity contribution is 7.03. The minimum Gasteiger partial charge on any atom is -0.305 e. The summed E-state index contributed by atoms with van der Waals surface area (Å²) in [4.78, 5) is 12.1. The van der Waals surface area contributed by atoms with Gasteiger partial charge in [-0.25, -0.2) is 0 Å². The van der Waals surface area contributed by atoms with E-state index in [1.807, 2.05) is 0 Å². The molecule has 13 heavy (non-hydrogen) atoms. The molecule has 3 unspecified atom stereocenters. The second kappa shape index (κ2) is 2.81. The lowest BCUT2D eigenvalue weighted by Crippen LogP contribution is -2.40. The molecule has 0 radical (unpaired) electrons. The van der Waals surface area contributed by atoms with Gasteiger partial charge in [0.25, 0.3) is 0 Å². The van der Waals surface area contributed by atoms with Crippen molar-refractivity contribution < 1.29 is 4.79 Å². The maximum absolute atomic E-state index is 12.1. The van der Waals surface area contributed by atoms with Crippen LogP contribution in [0.1, 0.15) is 12.8 Å². The van der Waals surface area contributed by atoms with Crippen LogP contribution in [0.15, 0.2) is 12.2 Å². The van der Waals surface area contributed by atoms with E-state index < -0.39 is 8.07 Å². The zero-order chi connectivity index (χ0) is 9.64. The highest BCUT2D eigenvalue weighted by Gasteiger charge is 2.43. The van der Waals surface area contributed by atoms with Crippen molar-refractivity contribution in [3.8, 4) is 0 Å². The van der Waals surface area contributed by atoms with Gasteiger partial charge in [0, 0.05) is 5.92 Å². The van der Waals surface area contributed by atoms with E-state index in [2.05, 4.69) is 31.8 Å². The van der Waals surface area contributed by atoms with E-state index in [0.29, 0.717) is 17.2 Å². The van der Waals surface area contributed by atoms with Crippen LogP contribution in [0.4, 0.5) is 0 Å². The van der Waals surface area contributed by atoms with E-state index in [0.717, 1.165) is 12.3 Å². The summed E-state index contributed by atoms with van der Waals surface area (Å²) in [5, 5.41) is 0.601. The van der Waals surface area contributed by atoms with Gasteiger partial charge < -0.3 is 4.79 Å². The van der Waals surface area contributed by atoms with Crippen molar-refractivity contribution in [3.63, 3.8) is 0 Å². The quantitative estimate of drug-likeness (QED) is 0.488. The van der Waals surface area contributed by atoms with E-state index in [9.17, 15) is 4.79 Å². The van der Waals surface area contributed by atoms with Gasteiger partial charge in [0.2, 0.25) is 0 Å². The summed E-state index contributed by atoms with van der Waals surface area (Å²) in [6, 6.07) is 0. The van der Waals surface area contributed by atoms with Crippen LogP contribution in [0.2, 0.25) is 19.6 Å². The van der Waals surface area contributed by atoms with E-state index in [1.54, 1.807) is 0 Å². The maximum Gasteiger partial charge on any atom is 0.124 e. The summed E-state index contributed by atoms with van der Waals surface area (Å²) < 4.78 is 0. The third-order valence-electron chi connectivity index (χ3n) is 3.35. The molecule has 0 N–H and O–H groups in total. The summed E-state index contributed by atoms with van der Waals surface area (Å²) in [6.45, 7) is 6.52. The first-order valence-corrected chi connectivity index (χ1v) is 8.71. The molecule has 2 rings (SSSR count). The average molecular weight is 194 g/mol. The fraction of sp³-hybridized carbons (Fsp3) is 0.727. The molecule has 1 nitrogen and oxygen atoms in total. The highest BCUT2D eigenvalue weighted by Crippen LogP contribution is 2.44. The van der Waals surface area contributed by atoms with Crippen molar-refractivity contribution in [2.45, 2.75) is 32.5 Å². The molecule has 2 heteroatoms. The van der Waals surface area contributed by atoms with Crippen LogP contribution in [0.5, 0.6) is 0 Å². The molecule has 0 heterocycles. The Bertz CT molecular complexity index is 262. The Morgan fingerprint density at radius 1 is 1.23 bits per heavy atom. The second-order valence-electron chi connectivity index (χ2n) is 5.50. The lowest BCUT2D eigenvalue weighted by molar-refractivity contribution is -0.116. The molecule has 0 saturated heterocycles. The van der Waals surface area contributed by atoms with Crippen LogP contribution in [0.3, 0.4) is 0 Å². The number of carbonyl (C=O) groups is 1. The Hall–Kier alpha value is -0.373. The van der Waals surface area contributed by atoms with Crippen molar-refractivity contribution in [1.82, 2.24) is 0 Å². The average Bonchev–Trinajstić information content (AvgIpc) is 2.60. The lowest BCUT2D eigenvalue weighted by atomic mass is 9.95. The van der Waals surface area contributed by atoms with Crippen LogP contribution >= 0.6 is 0 Å². The van der Waals surface area contributed by atoms with Crippen molar-refractivity contribution in [3.05, 3.63) is 12.2 Å². The molecule has 0 aromatic heterocycles. The van der Waals surface area contributed by atoms with Crippen LogP contribution in [-0.2, 0) is 4.79 Å². The maximum atomic E-state index is 12.1. The molecular weight excluding hydrogens is 176 g/mol. The van der Waals surface area contributed by atoms with Gasteiger partial charge in [0.15, 0.2) is 0 Å². The van der Waals surface area contributed by atoms with E-state index in [1.165, 1.54) is 6.42 Å². The second-order valence-corrected chi connectivity index (χ2v) is 10.5. The predicted octanol–water partition coefficient (Wildman–Crippen LogP) is 2.65. The van der Waals surface area contributed by atoms with Crippen molar-refractivity contribution in [2.75, 3.05) is 0 Å². The molecule has 0 aromatic rings. The third-order valence-corrected chi connectivity index (χ3v) is 5.20. The molecule has 0 amide bonds. The topological polar surface area (TPSA) is 17.1 Å². The van der Waals surface area contributed by atoms with E-state index in [-0.39, 0.29) is 0 Å². The first kappa shape index (κ1) is 9.19. The van der Waals surface area contributed by atoms with Gasteiger partial charge in [-0.1, -0.05) is 31.8 Å². The number of rotatable bonds is 2. The van der Waals surface area contributed by atoms with Crippen molar-refractivity contribution in [2.24, 2.45) is 17.8 Å². The van der Waals surface area contributed by atoms with Crippen molar-refractivity contribution in [1.29, 1.82) is 0 Å². The van der Waals surface area contributed by atoms with Crippen LogP contribution < -0.4 is 0 Å². The molecule has 1 saturated carbocycles. The van der Waals surface area contributed by atoms with Gasteiger partial charge in [0.05, 0.1) is 0 Å². The van der Waals surface area contributed by atoms with Crippen molar-refractivity contribution >= 4 is 13.5 Å². The van der Waals surface area contributed by atoms with Crippen LogP contribution in [0, 0.1) is 17.8 Å². The van der Waals surface area contributed by atoms with Gasteiger partial charge in [-0.3, -0.25) is 0 Å². The zero-order valence-corrected chi connectivity index (χ0v) is 9.71. The fourth-order valence-corrected chi connectivity index (χ4v) is 4.08. The molecule has 0 aromatic carbocycles. The molecule has 2 aliphatic carbocycles. The van der Waals surface area contributed by atoms with E-state index in [4.69, 9.17) is 0 Å². The number of hydrogen-bond donors (Lipinski definition) is 0. The molecule has 2 bridgehead atoms.